The molecular weight excluding hydrogens is 371 g/mol. The van der Waals surface area contributed by atoms with Gasteiger partial charge in [-0.05, 0) is 34.1 Å². The molecule has 21 heavy (non-hydrogen) atoms. The quantitative estimate of drug-likeness (QED) is 0.815. The minimum atomic E-state index is -4.39. The Balaban J connectivity index is 2.61. The normalized spacial score (nSPS) is 11.5. The van der Waals surface area contributed by atoms with Crippen LogP contribution in [0.3, 0.4) is 0 Å². The summed E-state index contributed by atoms with van der Waals surface area (Å²) >= 11 is 2.81. The van der Waals surface area contributed by atoms with E-state index in [1.54, 1.807) is 0 Å². The molecule has 0 amide bonds. The maximum atomic E-state index is 13.8. The molecule has 8 heteroatoms. The van der Waals surface area contributed by atoms with E-state index >= 15 is 0 Å². The fourth-order valence-corrected chi connectivity index (χ4v) is 4.06. The van der Waals surface area contributed by atoms with E-state index in [0.29, 0.717) is 10.4 Å². The first-order valence-corrected chi connectivity index (χ1v) is 7.86. The van der Waals surface area contributed by atoms with Crippen LogP contribution < -0.4 is 4.31 Å². The molecule has 0 fully saturated rings. The average Bonchev–Trinajstić information content (AvgIpc) is 2.36. The summed E-state index contributed by atoms with van der Waals surface area (Å²) in [5.74, 6) is -2.96. The maximum Gasteiger partial charge on any atom is 0.268 e. The van der Waals surface area contributed by atoms with Gasteiger partial charge in [-0.3, -0.25) is 4.31 Å². The van der Waals surface area contributed by atoms with Crippen molar-refractivity contribution < 1.29 is 21.6 Å². The molecule has 0 heterocycles. The molecule has 0 aliphatic carbocycles. The second kappa shape index (κ2) is 5.69. The highest BCUT2D eigenvalue weighted by Gasteiger charge is 2.29. The molecule has 112 valence electrons. The van der Waals surface area contributed by atoms with Gasteiger partial charge < -0.3 is 0 Å². The van der Waals surface area contributed by atoms with Crippen LogP contribution in [0.15, 0.2) is 45.8 Å². The molecule has 0 spiro atoms. The molecule has 0 N–H and O–H groups in total. The standard InChI is InChI=1S/C13H9BrF3NO2S/c1-18(12-5-3-2-4-10(12)16)21(19,20)13-9(14)6-8(15)7-11(13)17/h2-7H,1H3. The lowest BCUT2D eigenvalue weighted by Crippen LogP contribution is -2.28. The van der Waals surface area contributed by atoms with Crippen LogP contribution in [0.5, 0.6) is 0 Å². The van der Waals surface area contributed by atoms with E-state index in [0.717, 1.165) is 19.2 Å². The van der Waals surface area contributed by atoms with Crippen LogP contribution >= 0.6 is 15.9 Å². The van der Waals surface area contributed by atoms with E-state index in [2.05, 4.69) is 15.9 Å². The Morgan fingerprint density at radius 2 is 1.67 bits per heavy atom. The first-order valence-electron chi connectivity index (χ1n) is 5.63. The fraction of sp³-hybridized carbons (Fsp3) is 0.0769. The predicted molar refractivity (Wildman–Crippen MR) is 76.0 cm³/mol. The van der Waals surface area contributed by atoms with Crippen molar-refractivity contribution in [2.24, 2.45) is 0 Å². The summed E-state index contributed by atoms with van der Waals surface area (Å²) in [6.45, 7) is 0. The Kier molecular flexibility index (Phi) is 4.29. The molecule has 2 aromatic rings. The van der Waals surface area contributed by atoms with Gasteiger partial charge in [0.25, 0.3) is 10.0 Å². The highest BCUT2D eigenvalue weighted by molar-refractivity contribution is 9.10. The molecule has 0 radical (unpaired) electrons. The molecule has 0 aliphatic rings. The third kappa shape index (κ3) is 2.91. The van der Waals surface area contributed by atoms with Gasteiger partial charge in [-0.15, -0.1) is 0 Å². The molecule has 0 saturated carbocycles. The van der Waals surface area contributed by atoms with Crippen molar-refractivity contribution in [1.82, 2.24) is 0 Å². The van der Waals surface area contributed by atoms with Crippen LogP contribution in [0.2, 0.25) is 0 Å². The molecule has 0 aromatic heterocycles. The Morgan fingerprint density at radius 3 is 2.24 bits per heavy atom. The SMILES string of the molecule is CN(c1ccccc1F)S(=O)(=O)c1c(F)cc(F)cc1Br. The number of sulfonamides is 1. The highest BCUT2D eigenvalue weighted by Crippen LogP contribution is 2.31. The molecule has 0 bridgehead atoms. The fourth-order valence-electron chi connectivity index (χ4n) is 1.75. The summed E-state index contributed by atoms with van der Waals surface area (Å²) in [5, 5.41) is 0. The van der Waals surface area contributed by atoms with E-state index < -0.39 is 32.4 Å². The number of para-hydroxylation sites is 1. The van der Waals surface area contributed by atoms with Gasteiger partial charge in [0, 0.05) is 17.6 Å². The molecule has 0 unspecified atom stereocenters. The minimum Gasteiger partial charge on any atom is -0.266 e. The minimum absolute atomic E-state index is 0.242. The number of nitrogens with zero attached hydrogens (tertiary/aromatic N) is 1. The van der Waals surface area contributed by atoms with Crippen LogP contribution in [-0.4, -0.2) is 15.5 Å². The van der Waals surface area contributed by atoms with Gasteiger partial charge in [-0.1, -0.05) is 12.1 Å². The van der Waals surface area contributed by atoms with Gasteiger partial charge in [0.2, 0.25) is 0 Å². The third-order valence-electron chi connectivity index (χ3n) is 2.77. The van der Waals surface area contributed by atoms with Gasteiger partial charge in [0.1, 0.15) is 22.3 Å². The van der Waals surface area contributed by atoms with Gasteiger partial charge in [-0.25, -0.2) is 21.6 Å². The zero-order valence-electron chi connectivity index (χ0n) is 10.6. The first kappa shape index (κ1) is 15.8. The summed E-state index contributed by atoms with van der Waals surface area (Å²) in [6.07, 6.45) is 0. The van der Waals surface area contributed by atoms with Gasteiger partial charge in [0.05, 0.1) is 5.69 Å². The van der Waals surface area contributed by atoms with Crippen molar-refractivity contribution in [1.29, 1.82) is 0 Å². The lowest BCUT2D eigenvalue weighted by Gasteiger charge is -2.21. The summed E-state index contributed by atoms with van der Waals surface area (Å²) in [6, 6.07) is 6.44. The smallest absolute Gasteiger partial charge is 0.266 e. The largest absolute Gasteiger partial charge is 0.268 e. The first-order chi connectivity index (χ1) is 9.75. The van der Waals surface area contributed by atoms with Crippen LogP contribution in [0.4, 0.5) is 18.9 Å². The molecule has 0 atom stereocenters. The second-order valence-electron chi connectivity index (χ2n) is 4.12. The predicted octanol–water partition coefficient (Wildman–Crippen LogP) is 3.69. The Morgan fingerprint density at radius 1 is 1.05 bits per heavy atom. The number of rotatable bonds is 3. The number of halogens is 4. The lowest BCUT2D eigenvalue weighted by atomic mass is 10.3. The lowest BCUT2D eigenvalue weighted by molar-refractivity contribution is 0.545. The highest BCUT2D eigenvalue weighted by atomic mass is 79.9. The van der Waals surface area contributed by atoms with Crippen molar-refractivity contribution in [3.05, 3.63) is 58.3 Å². The van der Waals surface area contributed by atoms with E-state index in [1.807, 2.05) is 0 Å². The topological polar surface area (TPSA) is 37.4 Å². The Labute approximate surface area is 128 Å². The van der Waals surface area contributed by atoms with E-state index in [-0.39, 0.29) is 10.2 Å². The zero-order valence-corrected chi connectivity index (χ0v) is 13.1. The summed E-state index contributed by atoms with van der Waals surface area (Å²) in [5.41, 5.74) is -0.242. The molecule has 0 aliphatic heterocycles. The average molecular weight is 380 g/mol. The van der Waals surface area contributed by atoms with E-state index in [4.69, 9.17) is 0 Å². The van der Waals surface area contributed by atoms with Gasteiger partial charge >= 0.3 is 0 Å². The molecule has 0 saturated heterocycles. The van der Waals surface area contributed by atoms with Crippen LogP contribution in [0.1, 0.15) is 0 Å². The van der Waals surface area contributed by atoms with Crippen molar-refractivity contribution in [2.75, 3.05) is 11.4 Å². The van der Waals surface area contributed by atoms with E-state index in [1.165, 1.54) is 18.2 Å². The van der Waals surface area contributed by atoms with Crippen molar-refractivity contribution >= 4 is 31.6 Å². The second-order valence-corrected chi connectivity index (χ2v) is 6.88. The number of hydrogen-bond acceptors (Lipinski definition) is 2. The van der Waals surface area contributed by atoms with Crippen LogP contribution in [0.25, 0.3) is 0 Å². The van der Waals surface area contributed by atoms with Crippen molar-refractivity contribution in [3.63, 3.8) is 0 Å². The maximum absolute atomic E-state index is 13.8. The summed E-state index contributed by atoms with van der Waals surface area (Å²) in [7, 11) is -3.30. The molecule has 3 nitrogen and oxygen atoms in total. The summed E-state index contributed by atoms with van der Waals surface area (Å²) < 4.78 is 65.7. The van der Waals surface area contributed by atoms with Crippen LogP contribution in [-0.2, 0) is 10.0 Å². The van der Waals surface area contributed by atoms with Gasteiger partial charge in [-0.2, -0.15) is 0 Å². The molecule has 2 aromatic carbocycles. The number of benzene rings is 2. The molecular formula is C13H9BrF3NO2S. The Bertz CT molecular complexity index is 773. The molecule has 2 rings (SSSR count). The number of hydrogen-bond donors (Lipinski definition) is 0. The Hall–Kier alpha value is -1.54. The monoisotopic (exact) mass is 379 g/mol. The van der Waals surface area contributed by atoms with Crippen molar-refractivity contribution in [3.8, 4) is 0 Å². The zero-order chi connectivity index (χ0) is 15.8. The van der Waals surface area contributed by atoms with E-state index in [9.17, 15) is 21.6 Å². The van der Waals surface area contributed by atoms with Crippen molar-refractivity contribution in [2.45, 2.75) is 4.90 Å². The van der Waals surface area contributed by atoms with Crippen LogP contribution in [0, 0.1) is 17.5 Å². The number of anilines is 1. The summed E-state index contributed by atoms with van der Waals surface area (Å²) in [4.78, 5) is -0.755. The third-order valence-corrected chi connectivity index (χ3v) is 5.51. The van der Waals surface area contributed by atoms with Gasteiger partial charge in [0.15, 0.2) is 0 Å².